The number of quaternary nitrogens is 1. The van der Waals surface area contributed by atoms with Crippen molar-refractivity contribution in [1.29, 1.82) is 0 Å². The molecule has 2 aromatic carbocycles. The monoisotopic (exact) mass is 403 g/mol. The highest BCUT2D eigenvalue weighted by Crippen LogP contribution is 2.41. The van der Waals surface area contributed by atoms with Gasteiger partial charge in [-0.05, 0) is 17.7 Å². The van der Waals surface area contributed by atoms with Gasteiger partial charge < -0.3 is 19.3 Å². The second-order valence-electron chi connectivity index (χ2n) is 8.47. The maximum Gasteiger partial charge on any atom is 0.255 e. The van der Waals surface area contributed by atoms with Crippen LogP contribution in [0.1, 0.15) is 27.5 Å². The number of carbonyl (C=O) groups excluding carboxylic acids is 2. The highest BCUT2D eigenvalue weighted by molar-refractivity contribution is 6.02. The average molecular weight is 404 g/mol. The first-order valence-electron chi connectivity index (χ1n) is 10.6. The van der Waals surface area contributed by atoms with Gasteiger partial charge in [-0.2, -0.15) is 0 Å². The van der Waals surface area contributed by atoms with E-state index in [1.54, 1.807) is 4.90 Å². The molecule has 0 bridgehead atoms. The zero-order chi connectivity index (χ0) is 20.8. The van der Waals surface area contributed by atoms with Crippen molar-refractivity contribution in [3.05, 3.63) is 71.4 Å². The lowest BCUT2D eigenvalue weighted by Crippen LogP contribution is -3.12. The van der Waals surface area contributed by atoms with Gasteiger partial charge in [0.15, 0.2) is 0 Å². The lowest BCUT2D eigenvalue weighted by atomic mass is 9.97. The van der Waals surface area contributed by atoms with Crippen LogP contribution in [0.15, 0.2) is 54.7 Å². The number of fused-ring (bicyclic) bond motifs is 2. The van der Waals surface area contributed by atoms with E-state index in [-0.39, 0.29) is 24.4 Å². The van der Waals surface area contributed by atoms with Gasteiger partial charge in [-0.3, -0.25) is 9.59 Å². The highest BCUT2D eigenvalue weighted by Gasteiger charge is 2.40. The minimum Gasteiger partial charge on any atom is -0.350 e. The SMILES string of the molecule is Cn1cc([C@H]2c3ccccc3C(=O)N2CC(=O)N2CC[NH+](C)CC2)c2ccccc21. The normalized spacial score (nSPS) is 19.5. The number of hydrogen-bond donors (Lipinski definition) is 1. The average Bonchev–Trinajstić information content (AvgIpc) is 3.23. The lowest BCUT2D eigenvalue weighted by molar-refractivity contribution is -0.883. The molecule has 0 radical (unpaired) electrons. The third-order valence-electron chi connectivity index (χ3n) is 6.56. The summed E-state index contributed by atoms with van der Waals surface area (Å²) in [5.74, 6) is -0.0227. The van der Waals surface area contributed by atoms with Crippen LogP contribution in [0.2, 0.25) is 0 Å². The summed E-state index contributed by atoms with van der Waals surface area (Å²) < 4.78 is 2.10. The van der Waals surface area contributed by atoms with E-state index in [1.165, 1.54) is 4.90 Å². The van der Waals surface area contributed by atoms with E-state index in [0.717, 1.165) is 48.2 Å². The number of likely N-dealkylation sites (N-methyl/N-ethyl adjacent to an activating group) is 1. The molecule has 30 heavy (non-hydrogen) atoms. The molecule has 5 rings (SSSR count). The lowest BCUT2D eigenvalue weighted by Gasteiger charge is -2.32. The molecule has 1 saturated heterocycles. The van der Waals surface area contributed by atoms with Crippen molar-refractivity contribution < 1.29 is 14.5 Å². The van der Waals surface area contributed by atoms with Crippen LogP contribution in [0.4, 0.5) is 0 Å². The highest BCUT2D eigenvalue weighted by atomic mass is 16.2. The predicted octanol–water partition coefficient (Wildman–Crippen LogP) is 1.08. The molecule has 1 aromatic heterocycles. The fraction of sp³-hybridized carbons (Fsp3) is 0.333. The van der Waals surface area contributed by atoms with Gasteiger partial charge in [0.2, 0.25) is 5.91 Å². The zero-order valence-corrected chi connectivity index (χ0v) is 17.5. The van der Waals surface area contributed by atoms with Crippen LogP contribution in [0.5, 0.6) is 0 Å². The Bertz CT molecular complexity index is 1130. The molecule has 0 unspecified atom stereocenters. The predicted molar refractivity (Wildman–Crippen MR) is 115 cm³/mol. The summed E-state index contributed by atoms with van der Waals surface area (Å²) in [6.07, 6.45) is 2.10. The second-order valence-corrected chi connectivity index (χ2v) is 8.47. The minimum absolute atomic E-state index is 0.0360. The number of aryl methyl sites for hydroxylation is 1. The summed E-state index contributed by atoms with van der Waals surface area (Å²) in [5.41, 5.74) is 3.88. The Morgan fingerprint density at radius 1 is 1.03 bits per heavy atom. The Morgan fingerprint density at radius 3 is 2.53 bits per heavy atom. The number of para-hydroxylation sites is 1. The van der Waals surface area contributed by atoms with Gasteiger partial charge in [0, 0.05) is 35.3 Å². The molecular formula is C24H27N4O2+. The van der Waals surface area contributed by atoms with Gasteiger partial charge in [-0.25, -0.2) is 0 Å². The number of hydrogen-bond acceptors (Lipinski definition) is 2. The van der Waals surface area contributed by atoms with Gasteiger partial charge in [0.1, 0.15) is 6.54 Å². The summed E-state index contributed by atoms with van der Waals surface area (Å²) in [6.45, 7) is 3.51. The van der Waals surface area contributed by atoms with E-state index >= 15 is 0 Å². The molecule has 2 aliphatic rings. The van der Waals surface area contributed by atoms with Crippen molar-refractivity contribution >= 4 is 22.7 Å². The first-order chi connectivity index (χ1) is 14.5. The molecule has 1 atom stereocenters. The molecule has 154 valence electrons. The number of benzene rings is 2. The van der Waals surface area contributed by atoms with Gasteiger partial charge >= 0.3 is 0 Å². The first-order valence-corrected chi connectivity index (χ1v) is 10.6. The third kappa shape index (κ3) is 2.99. The van der Waals surface area contributed by atoms with E-state index in [4.69, 9.17) is 0 Å². The number of rotatable bonds is 3. The molecule has 6 nitrogen and oxygen atoms in total. The van der Waals surface area contributed by atoms with Gasteiger partial charge in [0.05, 0.1) is 39.3 Å². The Hall–Kier alpha value is -3.12. The molecule has 6 heteroatoms. The Kier molecular flexibility index (Phi) is 4.59. The van der Waals surface area contributed by atoms with Crippen LogP contribution >= 0.6 is 0 Å². The zero-order valence-electron chi connectivity index (χ0n) is 17.5. The van der Waals surface area contributed by atoms with E-state index < -0.39 is 0 Å². The van der Waals surface area contributed by atoms with Crippen LogP contribution in [0.3, 0.4) is 0 Å². The number of nitrogens with one attached hydrogen (secondary N) is 1. The number of piperazine rings is 1. The Labute approximate surface area is 176 Å². The summed E-state index contributed by atoms with van der Waals surface area (Å²) in [7, 11) is 4.18. The molecule has 1 N–H and O–H groups in total. The van der Waals surface area contributed by atoms with Crippen molar-refractivity contribution in [3.63, 3.8) is 0 Å². The number of nitrogens with zero attached hydrogens (tertiary/aromatic N) is 3. The van der Waals surface area contributed by atoms with Crippen LogP contribution in [0.25, 0.3) is 10.9 Å². The summed E-state index contributed by atoms with van der Waals surface area (Å²) in [5, 5.41) is 1.12. The maximum atomic E-state index is 13.3. The van der Waals surface area contributed by atoms with Crippen LogP contribution in [0, 0.1) is 0 Å². The van der Waals surface area contributed by atoms with Crippen molar-refractivity contribution in [3.8, 4) is 0 Å². The molecule has 0 spiro atoms. The molecule has 3 heterocycles. The van der Waals surface area contributed by atoms with Gasteiger partial charge in [0.25, 0.3) is 5.91 Å². The smallest absolute Gasteiger partial charge is 0.255 e. The quantitative estimate of drug-likeness (QED) is 0.712. The molecular weight excluding hydrogens is 376 g/mol. The minimum atomic E-state index is -0.248. The summed E-state index contributed by atoms with van der Waals surface area (Å²) >= 11 is 0. The Balaban J connectivity index is 1.54. The topological polar surface area (TPSA) is 50.0 Å². The van der Waals surface area contributed by atoms with Crippen LogP contribution in [-0.2, 0) is 11.8 Å². The standard InChI is InChI=1S/C24H26N4O2/c1-25-11-13-27(14-12-25)22(29)16-28-23(18-8-3-4-9-19(18)24(28)30)20-15-26(2)21-10-6-5-7-17(20)21/h3-10,15,23H,11-14,16H2,1-2H3/p+1/t23-/m1/s1. The molecule has 0 saturated carbocycles. The summed E-state index contributed by atoms with van der Waals surface area (Å²) in [6, 6.07) is 15.7. The van der Waals surface area contributed by atoms with Crippen LogP contribution < -0.4 is 4.90 Å². The molecule has 2 amide bonds. The number of carbonyl (C=O) groups is 2. The van der Waals surface area contributed by atoms with E-state index in [1.807, 2.05) is 48.3 Å². The molecule has 1 fully saturated rings. The number of amides is 2. The van der Waals surface area contributed by atoms with E-state index in [9.17, 15) is 9.59 Å². The summed E-state index contributed by atoms with van der Waals surface area (Å²) in [4.78, 5) is 31.6. The van der Waals surface area contributed by atoms with Crippen molar-refractivity contribution in [1.82, 2.24) is 14.4 Å². The van der Waals surface area contributed by atoms with Gasteiger partial charge in [-0.15, -0.1) is 0 Å². The van der Waals surface area contributed by atoms with E-state index in [0.29, 0.717) is 5.56 Å². The van der Waals surface area contributed by atoms with Gasteiger partial charge in [-0.1, -0.05) is 36.4 Å². The maximum absolute atomic E-state index is 13.3. The fourth-order valence-electron chi connectivity index (χ4n) is 4.84. The molecule has 0 aliphatic carbocycles. The molecule has 2 aliphatic heterocycles. The van der Waals surface area contributed by atoms with Crippen molar-refractivity contribution in [2.24, 2.45) is 7.05 Å². The Morgan fingerprint density at radius 2 is 1.73 bits per heavy atom. The second kappa shape index (κ2) is 7.29. The fourth-order valence-corrected chi connectivity index (χ4v) is 4.84. The van der Waals surface area contributed by atoms with E-state index in [2.05, 4.69) is 29.9 Å². The largest absolute Gasteiger partial charge is 0.350 e. The van der Waals surface area contributed by atoms with Crippen molar-refractivity contribution in [2.75, 3.05) is 39.8 Å². The van der Waals surface area contributed by atoms with Crippen LogP contribution in [-0.4, -0.2) is 66.0 Å². The third-order valence-corrected chi connectivity index (χ3v) is 6.56. The first kappa shape index (κ1) is 18.9. The number of aromatic nitrogens is 1. The van der Waals surface area contributed by atoms with Crippen molar-refractivity contribution in [2.45, 2.75) is 6.04 Å². The molecule has 3 aromatic rings.